The van der Waals surface area contributed by atoms with Crippen molar-refractivity contribution in [2.45, 2.75) is 24.3 Å². The molecule has 1 heterocycles. The van der Waals surface area contributed by atoms with E-state index in [-0.39, 0.29) is 10.9 Å². The Balaban J connectivity index is 1.64. The number of anilines is 1. The van der Waals surface area contributed by atoms with Gasteiger partial charge in [0.1, 0.15) is 11.4 Å². The highest BCUT2D eigenvalue weighted by Crippen LogP contribution is 2.28. The zero-order valence-electron chi connectivity index (χ0n) is 17.7. The van der Waals surface area contributed by atoms with Gasteiger partial charge in [0, 0.05) is 27.7 Å². The molecule has 0 saturated carbocycles. The fraction of sp³-hybridized carbons (Fsp3) is 0.182. The van der Waals surface area contributed by atoms with Crippen LogP contribution in [0.5, 0.6) is 5.75 Å². The number of thiocarbonyl (C=S) groups is 1. The second-order valence-electron chi connectivity index (χ2n) is 6.71. The highest BCUT2D eigenvalue weighted by atomic mass is 35.5. The lowest BCUT2D eigenvalue weighted by atomic mass is 10.1. The standard InChI is InChI=1S/C22H20ClF2N5OS2/c1-13-9-18(20(24)25)29-22(27-13)33-12-15-10-14(3-8-19(15)31-2)11-26-30-21(32)28-17-6-4-16(23)5-7-17/h3-11,20H,12H2,1-2H3,(H2,28,30,32)/b26-11-. The molecule has 0 aliphatic heterocycles. The lowest BCUT2D eigenvalue weighted by Gasteiger charge is -2.10. The van der Waals surface area contributed by atoms with Crippen LogP contribution in [0.15, 0.2) is 58.8 Å². The zero-order valence-corrected chi connectivity index (χ0v) is 20.1. The Morgan fingerprint density at radius 2 is 1.97 bits per heavy atom. The third-order valence-electron chi connectivity index (χ3n) is 4.22. The van der Waals surface area contributed by atoms with Crippen LogP contribution in [-0.4, -0.2) is 28.4 Å². The number of ether oxygens (including phenoxy) is 1. The number of thioether (sulfide) groups is 1. The van der Waals surface area contributed by atoms with Crippen molar-refractivity contribution in [1.82, 2.24) is 15.4 Å². The molecule has 0 aliphatic carbocycles. The lowest BCUT2D eigenvalue weighted by molar-refractivity contribution is 0.145. The quantitative estimate of drug-likeness (QED) is 0.127. The molecule has 0 bridgehead atoms. The maximum absolute atomic E-state index is 13.0. The number of methoxy groups -OCH3 is 1. The van der Waals surface area contributed by atoms with Crippen molar-refractivity contribution in [3.8, 4) is 5.75 Å². The smallest absolute Gasteiger partial charge is 0.280 e. The minimum Gasteiger partial charge on any atom is -0.496 e. The molecule has 2 N–H and O–H groups in total. The van der Waals surface area contributed by atoms with E-state index in [1.54, 1.807) is 44.5 Å². The highest BCUT2D eigenvalue weighted by molar-refractivity contribution is 7.98. The molecule has 2 aromatic carbocycles. The molecular weight excluding hydrogens is 488 g/mol. The first-order valence-corrected chi connectivity index (χ1v) is 11.4. The number of benzene rings is 2. The second kappa shape index (κ2) is 11.9. The van der Waals surface area contributed by atoms with Crippen molar-refractivity contribution in [2.24, 2.45) is 5.10 Å². The maximum atomic E-state index is 13.0. The van der Waals surface area contributed by atoms with Gasteiger partial charge in [-0.1, -0.05) is 23.4 Å². The predicted molar refractivity (Wildman–Crippen MR) is 133 cm³/mol. The van der Waals surface area contributed by atoms with E-state index < -0.39 is 6.43 Å². The van der Waals surface area contributed by atoms with Crippen molar-refractivity contribution in [1.29, 1.82) is 0 Å². The zero-order chi connectivity index (χ0) is 23.8. The molecule has 0 saturated heterocycles. The number of hydrogen-bond acceptors (Lipinski definition) is 6. The Hall–Kier alpha value is -2.82. The minimum atomic E-state index is -2.65. The summed E-state index contributed by atoms with van der Waals surface area (Å²) in [6.45, 7) is 1.66. The molecule has 33 heavy (non-hydrogen) atoms. The fourth-order valence-corrected chi connectivity index (χ4v) is 3.92. The van der Waals surface area contributed by atoms with Crippen molar-refractivity contribution in [3.63, 3.8) is 0 Å². The summed E-state index contributed by atoms with van der Waals surface area (Å²) in [5.41, 5.74) is 5.38. The van der Waals surface area contributed by atoms with E-state index in [9.17, 15) is 8.78 Å². The highest BCUT2D eigenvalue weighted by Gasteiger charge is 2.13. The van der Waals surface area contributed by atoms with Gasteiger partial charge in [0.15, 0.2) is 10.3 Å². The Labute approximate surface area is 204 Å². The first-order valence-electron chi connectivity index (χ1n) is 9.63. The molecule has 0 amide bonds. The number of nitrogens with zero attached hydrogens (tertiary/aromatic N) is 3. The van der Waals surface area contributed by atoms with E-state index >= 15 is 0 Å². The molecule has 6 nitrogen and oxygen atoms in total. The van der Waals surface area contributed by atoms with Gasteiger partial charge in [-0.3, -0.25) is 5.43 Å². The van der Waals surface area contributed by atoms with Crippen LogP contribution in [0.25, 0.3) is 0 Å². The summed E-state index contributed by atoms with van der Waals surface area (Å²) in [5.74, 6) is 1.09. The first kappa shape index (κ1) is 24.8. The van der Waals surface area contributed by atoms with Crippen molar-refractivity contribution >= 4 is 52.6 Å². The van der Waals surface area contributed by atoms with E-state index in [0.717, 1.165) is 16.8 Å². The van der Waals surface area contributed by atoms with E-state index in [0.29, 0.717) is 27.3 Å². The normalized spacial score (nSPS) is 11.1. The van der Waals surface area contributed by atoms with Crippen LogP contribution < -0.4 is 15.5 Å². The monoisotopic (exact) mass is 507 g/mol. The Bertz CT molecular complexity index is 1150. The van der Waals surface area contributed by atoms with E-state index in [2.05, 4.69) is 25.8 Å². The average molecular weight is 508 g/mol. The minimum absolute atomic E-state index is 0.284. The van der Waals surface area contributed by atoms with Crippen LogP contribution in [0, 0.1) is 6.92 Å². The SMILES string of the molecule is COc1ccc(/C=N\NC(=S)Nc2ccc(Cl)cc2)cc1CSc1nc(C)cc(C(F)F)n1. The molecule has 0 unspecified atom stereocenters. The molecule has 11 heteroatoms. The summed E-state index contributed by atoms with van der Waals surface area (Å²) in [6, 6.07) is 13.9. The molecular formula is C22H20ClF2N5OS2. The van der Waals surface area contributed by atoms with Crippen LogP contribution >= 0.6 is 35.6 Å². The third kappa shape index (κ3) is 7.62. The molecule has 1 aromatic heterocycles. The van der Waals surface area contributed by atoms with Gasteiger partial charge >= 0.3 is 0 Å². The summed E-state index contributed by atoms with van der Waals surface area (Å²) in [4.78, 5) is 8.16. The second-order valence-corrected chi connectivity index (χ2v) is 8.50. The number of hydrogen-bond donors (Lipinski definition) is 2. The van der Waals surface area contributed by atoms with E-state index in [1.165, 1.54) is 17.8 Å². The van der Waals surface area contributed by atoms with Gasteiger partial charge in [-0.25, -0.2) is 18.7 Å². The molecule has 172 valence electrons. The maximum Gasteiger partial charge on any atom is 0.280 e. The molecule has 3 rings (SSSR count). The summed E-state index contributed by atoms with van der Waals surface area (Å²) < 4.78 is 31.4. The fourth-order valence-electron chi connectivity index (χ4n) is 2.73. The molecule has 3 aromatic rings. The molecule has 0 fully saturated rings. The van der Waals surface area contributed by atoms with Crippen molar-refractivity contribution in [2.75, 3.05) is 12.4 Å². The molecule has 0 spiro atoms. The number of aryl methyl sites for hydroxylation is 1. The molecule has 0 aliphatic rings. The predicted octanol–water partition coefficient (Wildman–Crippen LogP) is 6.00. The number of halogens is 3. The number of alkyl halides is 2. The summed E-state index contributed by atoms with van der Waals surface area (Å²) in [5, 5.41) is 8.39. The lowest BCUT2D eigenvalue weighted by Crippen LogP contribution is -2.23. The Morgan fingerprint density at radius 1 is 1.21 bits per heavy atom. The van der Waals surface area contributed by atoms with Crippen LogP contribution in [0.3, 0.4) is 0 Å². The van der Waals surface area contributed by atoms with Crippen LogP contribution in [0.2, 0.25) is 5.02 Å². The van der Waals surface area contributed by atoms with E-state index in [1.807, 2.05) is 18.2 Å². The summed E-state index contributed by atoms with van der Waals surface area (Å²) in [7, 11) is 1.57. The topological polar surface area (TPSA) is 71.4 Å². The number of nitrogens with one attached hydrogen (secondary N) is 2. The summed E-state index contributed by atoms with van der Waals surface area (Å²) >= 11 is 12.3. The summed E-state index contributed by atoms with van der Waals surface area (Å²) in [6.07, 6.45) is -1.03. The van der Waals surface area contributed by atoms with Crippen molar-refractivity contribution in [3.05, 3.63) is 76.1 Å². The number of hydrazone groups is 1. The average Bonchev–Trinajstić information content (AvgIpc) is 2.79. The first-order chi connectivity index (χ1) is 15.8. The molecule has 0 atom stereocenters. The number of aromatic nitrogens is 2. The third-order valence-corrected chi connectivity index (χ3v) is 5.56. The largest absolute Gasteiger partial charge is 0.496 e. The van der Waals surface area contributed by atoms with Gasteiger partial charge in [-0.05, 0) is 73.2 Å². The molecule has 0 radical (unpaired) electrons. The van der Waals surface area contributed by atoms with Crippen LogP contribution in [0.1, 0.15) is 28.9 Å². The van der Waals surface area contributed by atoms with Gasteiger partial charge in [-0.2, -0.15) is 5.10 Å². The van der Waals surface area contributed by atoms with Crippen LogP contribution in [-0.2, 0) is 5.75 Å². The van der Waals surface area contributed by atoms with Gasteiger partial charge in [0.25, 0.3) is 6.43 Å². The van der Waals surface area contributed by atoms with Crippen molar-refractivity contribution < 1.29 is 13.5 Å². The van der Waals surface area contributed by atoms with Gasteiger partial charge in [-0.15, -0.1) is 0 Å². The number of rotatable bonds is 8. The van der Waals surface area contributed by atoms with Gasteiger partial charge < -0.3 is 10.1 Å². The Kier molecular flexibility index (Phi) is 8.93. The van der Waals surface area contributed by atoms with E-state index in [4.69, 9.17) is 28.6 Å². The van der Waals surface area contributed by atoms with Gasteiger partial charge in [0.2, 0.25) is 0 Å². The van der Waals surface area contributed by atoms with Crippen LogP contribution in [0.4, 0.5) is 14.5 Å². The Morgan fingerprint density at radius 3 is 2.67 bits per heavy atom. The van der Waals surface area contributed by atoms with Gasteiger partial charge in [0.05, 0.1) is 13.3 Å².